The Balaban J connectivity index is 1.59. The van der Waals surface area contributed by atoms with E-state index in [1.165, 1.54) is 19.2 Å². The highest BCUT2D eigenvalue weighted by Crippen LogP contribution is 2.23. The van der Waals surface area contributed by atoms with Crippen molar-refractivity contribution >= 4 is 23.1 Å². The molecule has 1 unspecified atom stereocenters. The van der Waals surface area contributed by atoms with Crippen LogP contribution in [-0.2, 0) is 0 Å². The smallest absolute Gasteiger partial charge is 0.270 e. The number of rotatable bonds is 7. The molecule has 2 N–H and O–H groups in total. The van der Waals surface area contributed by atoms with E-state index in [-0.39, 0.29) is 23.2 Å². The summed E-state index contributed by atoms with van der Waals surface area (Å²) in [6.45, 7) is 6.51. The van der Waals surface area contributed by atoms with Gasteiger partial charge in [-0.1, -0.05) is 6.07 Å². The van der Waals surface area contributed by atoms with Gasteiger partial charge in [0.15, 0.2) is 0 Å². The molecular weight excluding hydrogens is 372 g/mol. The Morgan fingerprint density at radius 2 is 2.00 bits per heavy atom. The van der Waals surface area contributed by atoms with Crippen LogP contribution in [0.1, 0.15) is 17.3 Å². The summed E-state index contributed by atoms with van der Waals surface area (Å²) >= 11 is 0. The van der Waals surface area contributed by atoms with Gasteiger partial charge in [0.05, 0.1) is 10.5 Å². The Labute approximate surface area is 169 Å². The van der Waals surface area contributed by atoms with Crippen molar-refractivity contribution in [1.82, 2.24) is 15.2 Å². The molecule has 2 heterocycles. The number of piperazine rings is 1. The standard InChI is InChI=1S/C20H26N6O3/c1-15(14-24-9-11-25(12-10-24)19-5-3-4-8-22-19)23-18-7-6-16(26(28)29)13-17(18)20(27)21-2/h3-8,13,15,23H,9-12,14H2,1-2H3,(H,21,27). The van der Waals surface area contributed by atoms with Gasteiger partial charge in [0.2, 0.25) is 0 Å². The topological polar surface area (TPSA) is 104 Å². The lowest BCUT2D eigenvalue weighted by Crippen LogP contribution is -2.49. The van der Waals surface area contributed by atoms with E-state index < -0.39 is 4.92 Å². The van der Waals surface area contributed by atoms with Gasteiger partial charge < -0.3 is 15.5 Å². The summed E-state index contributed by atoms with van der Waals surface area (Å²) in [5.41, 5.74) is 0.760. The van der Waals surface area contributed by atoms with Crippen molar-refractivity contribution < 1.29 is 9.72 Å². The van der Waals surface area contributed by atoms with E-state index in [1.54, 1.807) is 6.07 Å². The summed E-state index contributed by atoms with van der Waals surface area (Å²) in [7, 11) is 1.51. The van der Waals surface area contributed by atoms with Crippen LogP contribution in [0.4, 0.5) is 17.2 Å². The lowest BCUT2D eigenvalue weighted by Gasteiger charge is -2.36. The molecule has 1 amide bonds. The van der Waals surface area contributed by atoms with Crippen LogP contribution in [0.25, 0.3) is 0 Å². The number of hydrogen-bond acceptors (Lipinski definition) is 7. The molecule has 9 nitrogen and oxygen atoms in total. The molecule has 1 atom stereocenters. The highest BCUT2D eigenvalue weighted by atomic mass is 16.6. The summed E-state index contributed by atoms with van der Waals surface area (Å²) in [6, 6.07) is 10.3. The predicted octanol–water partition coefficient (Wildman–Crippen LogP) is 1.97. The average molecular weight is 398 g/mol. The van der Waals surface area contributed by atoms with Crippen LogP contribution in [0.2, 0.25) is 0 Å². The molecule has 3 rings (SSSR count). The van der Waals surface area contributed by atoms with Crippen LogP contribution in [0.3, 0.4) is 0 Å². The van der Waals surface area contributed by atoms with E-state index in [1.807, 2.05) is 31.3 Å². The van der Waals surface area contributed by atoms with E-state index in [0.29, 0.717) is 5.69 Å². The summed E-state index contributed by atoms with van der Waals surface area (Å²) < 4.78 is 0. The second-order valence-corrected chi connectivity index (χ2v) is 7.09. The van der Waals surface area contributed by atoms with E-state index in [0.717, 1.165) is 38.5 Å². The van der Waals surface area contributed by atoms with Crippen molar-refractivity contribution in [2.75, 3.05) is 50.0 Å². The van der Waals surface area contributed by atoms with Crippen molar-refractivity contribution in [3.63, 3.8) is 0 Å². The first-order valence-electron chi connectivity index (χ1n) is 9.63. The molecule has 0 saturated carbocycles. The molecule has 9 heteroatoms. The van der Waals surface area contributed by atoms with E-state index in [2.05, 4.69) is 25.4 Å². The van der Waals surface area contributed by atoms with Crippen LogP contribution in [0, 0.1) is 10.1 Å². The molecule has 1 aromatic heterocycles. The maximum Gasteiger partial charge on any atom is 0.270 e. The number of amides is 1. The highest BCUT2D eigenvalue weighted by Gasteiger charge is 2.21. The Morgan fingerprint density at radius 3 is 2.62 bits per heavy atom. The zero-order chi connectivity index (χ0) is 20.8. The number of nitrogens with one attached hydrogen (secondary N) is 2. The fraction of sp³-hybridized carbons (Fsp3) is 0.400. The van der Waals surface area contributed by atoms with E-state index >= 15 is 0 Å². The summed E-state index contributed by atoms with van der Waals surface area (Å²) in [5.74, 6) is 0.645. The zero-order valence-corrected chi connectivity index (χ0v) is 16.7. The fourth-order valence-electron chi connectivity index (χ4n) is 3.49. The van der Waals surface area contributed by atoms with E-state index in [4.69, 9.17) is 0 Å². The third-order valence-electron chi connectivity index (χ3n) is 4.97. The summed E-state index contributed by atoms with van der Waals surface area (Å²) in [6.07, 6.45) is 1.81. The van der Waals surface area contributed by atoms with Gasteiger partial charge >= 0.3 is 0 Å². The Kier molecular flexibility index (Phi) is 6.61. The number of pyridine rings is 1. The summed E-state index contributed by atoms with van der Waals surface area (Å²) in [4.78, 5) is 31.7. The number of benzene rings is 1. The number of hydrogen-bond donors (Lipinski definition) is 2. The first-order chi connectivity index (χ1) is 14.0. The number of nitro benzene ring substituents is 1. The normalized spacial score (nSPS) is 15.6. The minimum atomic E-state index is -0.499. The number of carbonyl (C=O) groups is 1. The SMILES string of the molecule is CNC(=O)c1cc([N+](=O)[O-])ccc1NC(C)CN1CCN(c2ccccn2)CC1. The number of carbonyl (C=O) groups excluding carboxylic acids is 1. The molecule has 2 aromatic rings. The molecule has 1 aliphatic rings. The first-order valence-corrected chi connectivity index (χ1v) is 9.63. The van der Waals surface area contributed by atoms with Crippen LogP contribution in [0.5, 0.6) is 0 Å². The summed E-state index contributed by atoms with van der Waals surface area (Å²) in [5, 5.41) is 16.9. The van der Waals surface area contributed by atoms with Gasteiger partial charge in [0, 0.05) is 69.8 Å². The van der Waals surface area contributed by atoms with Gasteiger partial charge in [-0.3, -0.25) is 19.8 Å². The third-order valence-corrected chi connectivity index (χ3v) is 4.97. The quantitative estimate of drug-likeness (QED) is 0.543. The largest absolute Gasteiger partial charge is 0.381 e. The molecule has 29 heavy (non-hydrogen) atoms. The maximum absolute atomic E-state index is 12.2. The number of anilines is 2. The molecule has 1 aromatic carbocycles. The first kappa shape index (κ1) is 20.5. The van der Waals surface area contributed by atoms with Gasteiger partial charge in [-0.25, -0.2) is 4.98 Å². The minimum absolute atomic E-state index is 0.0706. The molecule has 1 saturated heterocycles. The average Bonchev–Trinajstić information content (AvgIpc) is 2.74. The monoisotopic (exact) mass is 398 g/mol. The lowest BCUT2D eigenvalue weighted by atomic mass is 10.1. The maximum atomic E-state index is 12.2. The Morgan fingerprint density at radius 1 is 1.24 bits per heavy atom. The second kappa shape index (κ2) is 9.33. The molecular formula is C20H26N6O3. The Bertz CT molecular complexity index is 853. The van der Waals surface area contributed by atoms with Gasteiger partial charge in [-0.2, -0.15) is 0 Å². The van der Waals surface area contributed by atoms with Crippen LogP contribution in [0.15, 0.2) is 42.6 Å². The van der Waals surface area contributed by atoms with Crippen LogP contribution >= 0.6 is 0 Å². The van der Waals surface area contributed by atoms with Crippen molar-refractivity contribution in [2.45, 2.75) is 13.0 Å². The molecule has 1 fully saturated rings. The van der Waals surface area contributed by atoms with Crippen LogP contribution < -0.4 is 15.5 Å². The second-order valence-electron chi connectivity index (χ2n) is 7.09. The molecule has 0 aliphatic carbocycles. The fourth-order valence-corrected chi connectivity index (χ4v) is 3.49. The lowest BCUT2D eigenvalue weighted by molar-refractivity contribution is -0.384. The molecule has 0 spiro atoms. The number of nitrogens with zero attached hydrogens (tertiary/aromatic N) is 4. The highest BCUT2D eigenvalue weighted by molar-refractivity contribution is 6.00. The van der Waals surface area contributed by atoms with Crippen molar-refractivity contribution in [3.05, 3.63) is 58.3 Å². The van der Waals surface area contributed by atoms with Crippen molar-refractivity contribution in [3.8, 4) is 0 Å². The molecule has 154 valence electrons. The predicted molar refractivity (Wildman–Crippen MR) is 112 cm³/mol. The van der Waals surface area contributed by atoms with Gasteiger partial charge in [-0.15, -0.1) is 0 Å². The van der Waals surface area contributed by atoms with Crippen LogP contribution in [-0.4, -0.2) is 66.5 Å². The number of non-ortho nitro benzene ring substituents is 1. The number of nitro groups is 1. The van der Waals surface area contributed by atoms with E-state index in [9.17, 15) is 14.9 Å². The van der Waals surface area contributed by atoms with Gasteiger partial charge in [0.1, 0.15) is 5.82 Å². The molecule has 0 bridgehead atoms. The minimum Gasteiger partial charge on any atom is -0.381 e. The molecule has 0 radical (unpaired) electrons. The third kappa shape index (κ3) is 5.20. The number of aromatic nitrogens is 1. The zero-order valence-electron chi connectivity index (χ0n) is 16.7. The van der Waals surface area contributed by atoms with Gasteiger partial charge in [-0.05, 0) is 25.1 Å². The van der Waals surface area contributed by atoms with Crippen molar-refractivity contribution in [2.24, 2.45) is 0 Å². The van der Waals surface area contributed by atoms with Crippen molar-refractivity contribution in [1.29, 1.82) is 0 Å². The molecule has 1 aliphatic heterocycles. The Hall–Kier alpha value is -3.20. The van der Waals surface area contributed by atoms with Gasteiger partial charge in [0.25, 0.3) is 11.6 Å².